The number of anilines is 1. The van der Waals surface area contributed by atoms with Gasteiger partial charge in [-0.05, 0) is 49.4 Å². The van der Waals surface area contributed by atoms with Crippen LogP contribution in [0.15, 0.2) is 59.6 Å². The van der Waals surface area contributed by atoms with Crippen molar-refractivity contribution in [3.8, 4) is 11.4 Å². The number of thioether (sulfide) groups is 1. The third-order valence-electron chi connectivity index (χ3n) is 3.89. The zero-order chi connectivity index (χ0) is 20.8. The number of methoxy groups -OCH3 is 1. The smallest absolute Gasteiger partial charge is 0.339 e. The molecular formula is C21H18FN3O3S. The maximum absolute atomic E-state index is 13.1. The highest BCUT2D eigenvalue weighted by atomic mass is 32.2. The van der Waals surface area contributed by atoms with Crippen molar-refractivity contribution in [2.45, 2.75) is 11.9 Å². The quantitative estimate of drug-likeness (QED) is 0.374. The van der Waals surface area contributed by atoms with Crippen molar-refractivity contribution in [3.63, 3.8) is 0 Å². The number of hydrogen-bond donors (Lipinski definition) is 1. The molecule has 0 radical (unpaired) electrons. The molecule has 0 saturated heterocycles. The first-order chi connectivity index (χ1) is 14.0. The Balaban J connectivity index is 1.70. The van der Waals surface area contributed by atoms with Gasteiger partial charge in [-0.1, -0.05) is 23.9 Å². The number of para-hydroxylation sites is 1. The van der Waals surface area contributed by atoms with Gasteiger partial charge in [0.05, 0.1) is 24.1 Å². The Morgan fingerprint density at radius 3 is 2.55 bits per heavy atom. The lowest BCUT2D eigenvalue weighted by atomic mass is 10.2. The second-order valence-electron chi connectivity index (χ2n) is 6.05. The van der Waals surface area contributed by atoms with E-state index in [0.717, 1.165) is 5.69 Å². The number of rotatable bonds is 6. The Morgan fingerprint density at radius 1 is 1.10 bits per heavy atom. The van der Waals surface area contributed by atoms with E-state index in [1.54, 1.807) is 42.5 Å². The van der Waals surface area contributed by atoms with Gasteiger partial charge in [0.2, 0.25) is 5.91 Å². The first-order valence-corrected chi connectivity index (χ1v) is 9.66. The summed E-state index contributed by atoms with van der Waals surface area (Å²) in [6.45, 7) is 1.82. The number of nitrogens with zero attached hydrogens (tertiary/aromatic N) is 2. The van der Waals surface area contributed by atoms with E-state index in [0.29, 0.717) is 22.1 Å². The van der Waals surface area contributed by atoms with E-state index >= 15 is 0 Å². The number of benzene rings is 2. The molecule has 0 aliphatic carbocycles. The molecule has 3 rings (SSSR count). The van der Waals surface area contributed by atoms with E-state index in [4.69, 9.17) is 4.74 Å². The zero-order valence-electron chi connectivity index (χ0n) is 15.8. The molecule has 3 aromatic rings. The van der Waals surface area contributed by atoms with Crippen LogP contribution in [0.1, 0.15) is 16.1 Å². The molecule has 0 unspecified atom stereocenters. The Hall–Kier alpha value is -3.26. The molecule has 0 aliphatic rings. The van der Waals surface area contributed by atoms with Crippen molar-refractivity contribution in [3.05, 3.63) is 71.7 Å². The zero-order valence-corrected chi connectivity index (χ0v) is 16.6. The van der Waals surface area contributed by atoms with Gasteiger partial charge in [0.1, 0.15) is 10.8 Å². The van der Waals surface area contributed by atoms with Crippen molar-refractivity contribution >= 4 is 29.3 Å². The maximum Gasteiger partial charge on any atom is 0.339 e. The highest BCUT2D eigenvalue weighted by Crippen LogP contribution is 2.23. The number of nitrogens with one attached hydrogen (secondary N) is 1. The van der Waals surface area contributed by atoms with Crippen molar-refractivity contribution in [2.24, 2.45) is 0 Å². The van der Waals surface area contributed by atoms with Gasteiger partial charge in [-0.15, -0.1) is 0 Å². The molecule has 1 N–H and O–H groups in total. The molecule has 1 aromatic heterocycles. The van der Waals surface area contributed by atoms with Gasteiger partial charge in [0, 0.05) is 11.3 Å². The van der Waals surface area contributed by atoms with Crippen LogP contribution in [0, 0.1) is 12.7 Å². The number of carbonyl (C=O) groups is 2. The molecule has 1 amide bonds. The van der Waals surface area contributed by atoms with Gasteiger partial charge >= 0.3 is 5.97 Å². The van der Waals surface area contributed by atoms with Crippen LogP contribution in [0.5, 0.6) is 0 Å². The highest BCUT2D eigenvalue weighted by molar-refractivity contribution is 7.99. The lowest BCUT2D eigenvalue weighted by Gasteiger charge is -2.10. The fourth-order valence-electron chi connectivity index (χ4n) is 2.55. The van der Waals surface area contributed by atoms with Crippen molar-refractivity contribution in [2.75, 3.05) is 18.2 Å². The molecule has 0 atom stereocenters. The lowest BCUT2D eigenvalue weighted by Crippen LogP contribution is -2.17. The van der Waals surface area contributed by atoms with Crippen LogP contribution in [-0.4, -0.2) is 34.7 Å². The number of halogens is 1. The van der Waals surface area contributed by atoms with E-state index in [1.165, 1.54) is 31.0 Å². The number of aryl methyl sites for hydroxylation is 1. The normalized spacial score (nSPS) is 10.4. The van der Waals surface area contributed by atoms with E-state index in [-0.39, 0.29) is 23.0 Å². The minimum absolute atomic E-state index is 0.0921. The Morgan fingerprint density at radius 2 is 1.83 bits per heavy atom. The van der Waals surface area contributed by atoms with Crippen LogP contribution in [0.3, 0.4) is 0 Å². The summed E-state index contributed by atoms with van der Waals surface area (Å²) in [5.41, 5.74) is 2.09. The summed E-state index contributed by atoms with van der Waals surface area (Å²) in [4.78, 5) is 33.0. The van der Waals surface area contributed by atoms with Gasteiger partial charge in [-0.2, -0.15) is 0 Å². The van der Waals surface area contributed by atoms with Gasteiger partial charge < -0.3 is 10.1 Å². The molecule has 29 heavy (non-hydrogen) atoms. The Bertz CT molecular complexity index is 1040. The Kier molecular flexibility index (Phi) is 6.56. The number of ether oxygens (including phenoxy) is 1. The molecule has 0 saturated carbocycles. The fourth-order valence-corrected chi connectivity index (χ4v) is 3.30. The molecule has 0 bridgehead atoms. The summed E-state index contributed by atoms with van der Waals surface area (Å²) >= 11 is 1.24. The predicted octanol–water partition coefficient (Wildman–Crippen LogP) is 4.11. The summed E-state index contributed by atoms with van der Waals surface area (Å²) in [6, 6.07) is 14.3. The number of hydrogen-bond acceptors (Lipinski definition) is 6. The van der Waals surface area contributed by atoms with Crippen LogP contribution < -0.4 is 5.32 Å². The summed E-state index contributed by atoms with van der Waals surface area (Å²) in [7, 11) is 1.28. The standard InChI is InChI=1S/C21H18FN3O3S/c1-13-11-19(25-20(23-13)14-7-9-15(22)10-8-14)29-12-18(26)24-17-6-4-3-5-16(17)21(27)28-2/h3-11H,12H2,1-2H3,(H,24,26). The number of amides is 1. The second kappa shape index (κ2) is 9.29. The largest absolute Gasteiger partial charge is 0.465 e. The van der Waals surface area contributed by atoms with E-state index < -0.39 is 5.97 Å². The molecule has 2 aromatic carbocycles. The highest BCUT2D eigenvalue weighted by Gasteiger charge is 2.14. The average molecular weight is 411 g/mol. The SMILES string of the molecule is COC(=O)c1ccccc1NC(=O)CSc1cc(C)nc(-c2ccc(F)cc2)n1. The number of esters is 1. The van der Waals surface area contributed by atoms with Crippen molar-refractivity contribution in [1.29, 1.82) is 0 Å². The molecule has 6 nitrogen and oxygen atoms in total. The van der Waals surface area contributed by atoms with Crippen molar-refractivity contribution < 1.29 is 18.7 Å². The molecular weight excluding hydrogens is 393 g/mol. The van der Waals surface area contributed by atoms with E-state index in [9.17, 15) is 14.0 Å². The van der Waals surface area contributed by atoms with Crippen LogP contribution in [0.4, 0.5) is 10.1 Å². The summed E-state index contributed by atoms with van der Waals surface area (Å²) in [5, 5.41) is 3.34. The molecule has 0 spiro atoms. The van der Waals surface area contributed by atoms with Gasteiger partial charge in [-0.3, -0.25) is 4.79 Å². The third kappa shape index (κ3) is 5.39. The average Bonchev–Trinajstić information content (AvgIpc) is 2.72. The second-order valence-corrected chi connectivity index (χ2v) is 7.05. The Labute approximate surface area is 171 Å². The lowest BCUT2D eigenvalue weighted by molar-refractivity contribution is -0.113. The summed E-state index contributed by atoms with van der Waals surface area (Å²) < 4.78 is 17.9. The first kappa shape index (κ1) is 20.5. The van der Waals surface area contributed by atoms with E-state index in [2.05, 4.69) is 15.3 Å². The van der Waals surface area contributed by atoms with Gasteiger partial charge in [-0.25, -0.2) is 19.2 Å². The van der Waals surface area contributed by atoms with Crippen molar-refractivity contribution in [1.82, 2.24) is 9.97 Å². The molecule has 0 aliphatic heterocycles. The third-order valence-corrected chi connectivity index (χ3v) is 4.80. The summed E-state index contributed by atoms with van der Waals surface area (Å²) in [6.07, 6.45) is 0. The van der Waals surface area contributed by atoms with Crippen LogP contribution in [0.2, 0.25) is 0 Å². The minimum atomic E-state index is -0.524. The molecule has 148 valence electrons. The first-order valence-electron chi connectivity index (χ1n) is 8.68. The monoisotopic (exact) mass is 411 g/mol. The van der Waals surface area contributed by atoms with Crippen LogP contribution in [0.25, 0.3) is 11.4 Å². The number of carbonyl (C=O) groups excluding carboxylic acids is 2. The molecule has 0 fully saturated rings. The topological polar surface area (TPSA) is 81.2 Å². The maximum atomic E-state index is 13.1. The van der Waals surface area contributed by atoms with Gasteiger partial charge in [0.15, 0.2) is 5.82 Å². The number of aromatic nitrogens is 2. The molecule has 1 heterocycles. The minimum Gasteiger partial charge on any atom is -0.465 e. The van der Waals surface area contributed by atoms with Crippen LogP contribution >= 0.6 is 11.8 Å². The van der Waals surface area contributed by atoms with E-state index in [1.807, 2.05) is 6.92 Å². The predicted molar refractivity (Wildman–Crippen MR) is 109 cm³/mol. The fraction of sp³-hybridized carbons (Fsp3) is 0.143. The summed E-state index contributed by atoms with van der Waals surface area (Å²) in [5.74, 6) is -0.590. The molecule has 8 heteroatoms. The van der Waals surface area contributed by atoms with Crippen LogP contribution in [-0.2, 0) is 9.53 Å². The van der Waals surface area contributed by atoms with Gasteiger partial charge in [0.25, 0.3) is 0 Å².